The van der Waals surface area contributed by atoms with Gasteiger partial charge in [0.15, 0.2) is 0 Å². The molecule has 2 heterocycles. The molecule has 0 saturated heterocycles. The van der Waals surface area contributed by atoms with Crippen molar-refractivity contribution in [1.82, 2.24) is 9.97 Å². The van der Waals surface area contributed by atoms with Crippen LogP contribution in [0.15, 0.2) is 36.8 Å². The van der Waals surface area contributed by atoms with E-state index in [-0.39, 0.29) is 12.3 Å². The Morgan fingerprint density at radius 1 is 1.29 bits per heavy atom. The summed E-state index contributed by atoms with van der Waals surface area (Å²) in [6.45, 7) is 0. The number of nitrogens with zero attached hydrogens (tertiary/aromatic N) is 2. The number of hydrogen-bond acceptors (Lipinski definition) is 5. The third kappa shape index (κ3) is 3.75. The molecule has 0 spiro atoms. The van der Waals surface area contributed by atoms with Gasteiger partial charge in [-0.25, -0.2) is 0 Å². The van der Waals surface area contributed by atoms with Gasteiger partial charge in [-0.2, -0.15) is 0 Å². The molecule has 0 aliphatic rings. The third-order valence-corrected chi connectivity index (χ3v) is 2.66. The van der Waals surface area contributed by atoms with Crippen LogP contribution in [0.3, 0.4) is 0 Å². The van der Waals surface area contributed by atoms with Crippen molar-refractivity contribution in [3.8, 4) is 5.75 Å². The largest absolute Gasteiger partial charge is 0.494 e. The van der Waals surface area contributed by atoms with Crippen molar-refractivity contribution in [2.45, 2.75) is 6.42 Å². The van der Waals surface area contributed by atoms with Crippen LogP contribution in [0.5, 0.6) is 5.75 Å². The predicted molar refractivity (Wildman–Crippen MR) is 74.3 cm³/mol. The molecular formula is C14H13N3O4. The Morgan fingerprint density at radius 3 is 2.71 bits per heavy atom. The van der Waals surface area contributed by atoms with Crippen LogP contribution in [-0.2, 0) is 11.2 Å². The standard InChI is InChI=1S/C14H13N3O4/c1-21-12-8-15-5-4-11(12)14(20)17-10-3-2-9(16-7-10)6-13(18)19/h2-5,7-8H,6H2,1H3,(H,17,20)(H,18,19). The third-order valence-electron chi connectivity index (χ3n) is 2.66. The first-order valence-electron chi connectivity index (χ1n) is 6.06. The van der Waals surface area contributed by atoms with Crippen LogP contribution in [0.2, 0.25) is 0 Å². The number of carboxylic acid groups (broad SMARTS) is 1. The fraction of sp³-hybridized carbons (Fsp3) is 0.143. The molecule has 0 radical (unpaired) electrons. The maximum atomic E-state index is 12.1. The first kappa shape index (κ1) is 14.4. The number of anilines is 1. The predicted octanol–water partition coefficient (Wildman–Crippen LogP) is 1.36. The summed E-state index contributed by atoms with van der Waals surface area (Å²) in [5.74, 6) is -0.951. The molecule has 7 nitrogen and oxygen atoms in total. The molecule has 0 saturated carbocycles. The zero-order chi connectivity index (χ0) is 15.2. The van der Waals surface area contributed by atoms with Crippen LogP contribution in [0.1, 0.15) is 16.1 Å². The number of nitrogens with one attached hydrogen (secondary N) is 1. The molecule has 0 bridgehead atoms. The van der Waals surface area contributed by atoms with E-state index in [9.17, 15) is 9.59 Å². The lowest BCUT2D eigenvalue weighted by atomic mass is 10.2. The van der Waals surface area contributed by atoms with E-state index >= 15 is 0 Å². The Hall–Kier alpha value is -2.96. The average Bonchev–Trinajstić information content (AvgIpc) is 2.48. The van der Waals surface area contributed by atoms with E-state index in [0.29, 0.717) is 22.7 Å². The molecule has 2 aromatic rings. The van der Waals surface area contributed by atoms with Gasteiger partial charge in [-0.3, -0.25) is 19.6 Å². The maximum Gasteiger partial charge on any atom is 0.309 e. The number of aromatic nitrogens is 2. The summed E-state index contributed by atoms with van der Waals surface area (Å²) in [5.41, 5.74) is 1.23. The highest BCUT2D eigenvalue weighted by molar-refractivity contribution is 6.06. The molecule has 7 heteroatoms. The van der Waals surface area contributed by atoms with E-state index in [2.05, 4.69) is 15.3 Å². The number of pyridine rings is 2. The van der Waals surface area contributed by atoms with Crippen LogP contribution in [0, 0.1) is 0 Å². The van der Waals surface area contributed by atoms with Crippen molar-refractivity contribution in [3.05, 3.63) is 48.0 Å². The zero-order valence-corrected chi connectivity index (χ0v) is 11.2. The lowest BCUT2D eigenvalue weighted by Crippen LogP contribution is -2.13. The number of hydrogen-bond donors (Lipinski definition) is 2. The molecule has 21 heavy (non-hydrogen) atoms. The molecule has 1 amide bonds. The van der Waals surface area contributed by atoms with Crippen molar-refractivity contribution in [1.29, 1.82) is 0 Å². The number of carboxylic acids is 1. The van der Waals surface area contributed by atoms with Crippen molar-refractivity contribution in [3.63, 3.8) is 0 Å². The van der Waals surface area contributed by atoms with Gasteiger partial charge in [-0.1, -0.05) is 0 Å². The Balaban J connectivity index is 2.10. The highest BCUT2D eigenvalue weighted by Gasteiger charge is 2.12. The van der Waals surface area contributed by atoms with E-state index in [1.807, 2.05) is 0 Å². The molecule has 0 aliphatic heterocycles. The van der Waals surface area contributed by atoms with E-state index in [4.69, 9.17) is 9.84 Å². The molecule has 0 aromatic carbocycles. The van der Waals surface area contributed by atoms with E-state index in [1.165, 1.54) is 25.7 Å². The summed E-state index contributed by atoms with van der Waals surface area (Å²) in [7, 11) is 1.45. The summed E-state index contributed by atoms with van der Waals surface area (Å²) in [5, 5.41) is 11.3. The van der Waals surface area contributed by atoms with Gasteiger partial charge < -0.3 is 15.2 Å². The Kier molecular flexibility index (Phi) is 4.45. The fourth-order valence-electron chi connectivity index (χ4n) is 1.69. The molecule has 2 aromatic heterocycles. The number of amides is 1. The lowest BCUT2D eigenvalue weighted by Gasteiger charge is -2.08. The second-order valence-corrected chi connectivity index (χ2v) is 4.14. The minimum atomic E-state index is -0.958. The zero-order valence-electron chi connectivity index (χ0n) is 11.2. The van der Waals surface area contributed by atoms with Crippen molar-refractivity contribution in [2.75, 3.05) is 12.4 Å². The molecule has 0 aliphatic carbocycles. The van der Waals surface area contributed by atoms with E-state index in [1.54, 1.807) is 18.2 Å². The lowest BCUT2D eigenvalue weighted by molar-refractivity contribution is -0.136. The molecular weight excluding hydrogens is 274 g/mol. The van der Waals surface area contributed by atoms with Gasteiger partial charge in [-0.05, 0) is 18.2 Å². The van der Waals surface area contributed by atoms with Crippen molar-refractivity contribution in [2.24, 2.45) is 0 Å². The van der Waals surface area contributed by atoms with Crippen LogP contribution in [-0.4, -0.2) is 34.1 Å². The quantitative estimate of drug-likeness (QED) is 0.861. The van der Waals surface area contributed by atoms with Crippen molar-refractivity contribution < 1.29 is 19.4 Å². The minimum absolute atomic E-state index is 0.160. The van der Waals surface area contributed by atoms with E-state index < -0.39 is 5.97 Å². The summed E-state index contributed by atoms with van der Waals surface area (Å²) in [6, 6.07) is 4.69. The molecule has 108 valence electrons. The fourth-order valence-corrected chi connectivity index (χ4v) is 1.69. The highest BCUT2D eigenvalue weighted by atomic mass is 16.5. The van der Waals surface area contributed by atoms with Gasteiger partial charge in [0.1, 0.15) is 5.75 Å². The van der Waals surface area contributed by atoms with Gasteiger partial charge >= 0.3 is 5.97 Å². The van der Waals surface area contributed by atoms with Gasteiger partial charge in [0.05, 0.1) is 42.9 Å². The molecule has 2 N–H and O–H groups in total. The first-order chi connectivity index (χ1) is 10.1. The summed E-state index contributed by atoms with van der Waals surface area (Å²) in [4.78, 5) is 30.5. The SMILES string of the molecule is COc1cnccc1C(=O)Nc1ccc(CC(=O)O)nc1. The molecule has 0 atom stereocenters. The maximum absolute atomic E-state index is 12.1. The second-order valence-electron chi connectivity index (χ2n) is 4.14. The summed E-state index contributed by atoms with van der Waals surface area (Å²) in [6.07, 6.45) is 4.19. The Bertz CT molecular complexity index is 656. The van der Waals surface area contributed by atoms with Crippen LogP contribution < -0.4 is 10.1 Å². The monoisotopic (exact) mass is 287 g/mol. The van der Waals surface area contributed by atoms with Gasteiger partial charge in [-0.15, -0.1) is 0 Å². The number of carbonyl (C=O) groups excluding carboxylic acids is 1. The topological polar surface area (TPSA) is 101 Å². The Labute approximate surface area is 120 Å². The highest BCUT2D eigenvalue weighted by Crippen LogP contribution is 2.17. The van der Waals surface area contributed by atoms with Gasteiger partial charge in [0, 0.05) is 6.20 Å². The van der Waals surface area contributed by atoms with Crippen LogP contribution in [0.4, 0.5) is 5.69 Å². The second kappa shape index (κ2) is 6.47. The van der Waals surface area contributed by atoms with Crippen LogP contribution in [0.25, 0.3) is 0 Å². The minimum Gasteiger partial charge on any atom is -0.494 e. The van der Waals surface area contributed by atoms with Crippen LogP contribution >= 0.6 is 0 Å². The molecule has 0 fully saturated rings. The normalized spacial score (nSPS) is 9.95. The number of aliphatic carboxylic acids is 1. The number of methoxy groups -OCH3 is 1. The van der Waals surface area contributed by atoms with Gasteiger partial charge in [0.2, 0.25) is 0 Å². The molecule has 2 rings (SSSR count). The van der Waals surface area contributed by atoms with Crippen molar-refractivity contribution >= 4 is 17.6 Å². The first-order valence-corrected chi connectivity index (χ1v) is 6.06. The Morgan fingerprint density at radius 2 is 2.10 bits per heavy atom. The number of carbonyl (C=O) groups is 2. The number of rotatable bonds is 5. The summed E-state index contributed by atoms with van der Waals surface area (Å²) < 4.78 is 5.06. The number of ether oxygens (including phenoxy) is 1. The smallest absolute Gasteiger partial charge is 0.309 e. The summed E-state index contributed by atoms with van der Waals surface area (Å²) >= 11 is 0. The molecule has 0 unspecified atom stereocenters. The van der Waals surface area contributed by atoms with E-state index in [0.717, 1.165) is 0 Å². The van der Waals surface area contributed by atoms with Gasteiger partial charge in [0.25, 0.3) is 5.91 Å². The average molecular weight is 287 g/mol.